The molecule has 0 radical (unpaired) electrons. The van der Waals surface area contributed by atoms with E-state index in [1.54, 1.807) is 24.3 Å². The summed E-state index contributed by atoms with van der Waals surface area (Å²) < 4.78 is 27.9. The van der Waals surface area contributed by atoms with Crippen molar-refractivity contribution in [1.29, 1.82) is 0 Å². The lowest BCUT2D eigenvalue weighted by Gasteiger charge is -2.55. The highest BCUT2D eigenvalue weighted by atomic mass is 35.5. The number of likely N-dealkylation sites (tertiary alicyclic amines) is 2. The summed E-state index contributed by atoms with van der Waals surface area (Å²) in [5.74, 6) is -3.61. The quantitative estimate of drug-likeness (QED) is 0.284. The van der Waals surface area contributed by atoms with Crippen molar-refractivity contribution in [2.24, 2.45) is 11.8 Å². The Bertz CT molecular complexity index is 1560. The van der Waals surface area contributed by atoms with Crippen LogP contribution < -0.4 is 5.32 Å². The van der Waals surface area contributed by atoms with Crippen LogP contribution in [0, 0.1) is 17.7 Å². The Hall–Kier alpha value is -3.31. The number of Topliss-reactive ketones (excluding diaryl/α,β-unsaturated/α-hetero) is 1. The maximum absolute atomic E-state index is 15.6. The third-order valence-corrected chi connectivity index (χ3v) is 9.52. The number of nitrogens with zero attached hydrogens (tertiary/aromatic N) is 2. The number of rotatable bonds is 10. The van der Waals surface area contributed by atoms with E-state index in [-0.39, 0.29) is 34.6 Å². The lowest BCUT2D eigenvalue weighted by Crippen LogP contribution is -2.72. The molecule has 1 atom stereocenters. The molecule has 2 aromatic carbocycles. The van der Waals surface area contributed by atoms with Gasteiger partial charge in [0.15, 0.2) is 5.78 Å². The highest BCUT2D eigenvalue weighted by Gasteiger charge is 2.55. The fraction of sp³-hybridized carbons (Fsp3) is 0.485. The van der Waals surface area contributed by atoms with Crippen LogP contribution in [-0.2, 0) is 20.7 Å². The molecule has 1 aliphatic carbocycles. The van der Waals surface area contributed by atoms with Gasteiger partial charge in [0.05, 0.1) is 28.3 Å². The first kappa shape index (κ1) is 30.7. The molecule has 0 spiro atoms. The van der Waals surface area contributed by atoms with Crippen molar-refractivity contribution < 1.29 is 33.0 Å². The second kappa shape index (κ2) is 12.6. The number of benzene rings is 2. The monoisotopic (exact) mass is 625 g/mol. The van der Waals surface area contributed by atoms with E-state index < -0.39 is 29.5 Å². The van der Waals surface area contributed by atoms with Crippen molar-refractivity contribution in [3.8, 4) is 0 Å². The molecule has 3 aliphatic rings. The molecular weight excluding hydrogens is 589 g/mol. The predicted octanol–water partition coefficient (Wildman–Crippen LogP) is 5.95. The average Bonchev–Trinajstić information content (AvgIpc) is 3.68. The van der Waals surface area contributed by atoms with E-state index >= 15 is 4.39 Å². The Morgan fingerprint density at radius 3 is 2.48 bits per heavy atom. The lowest BCUT2D eigenvalue weighted by molar-refractivity contribution is -0.274. The molecule has 1 aromatic heterocycles. The number of furan rings is 1. The van der Waals surface area contributed by atoms with Crippen LogP contribution in [0.2, 0.25) is 5.02 Å². The number of amides is 1. The molecule has 11 heteroatoms. The van der Waals surface area contributed by atoms with E-state index in [2.05, 4.69) is 22.0 Å². The molecule has 2 aliphatic heterocycles. The van der Waals surface area contributed by atoms with E-state index in [4.69, 9.17) is 20.8 Å². The standard InChI is InChI=1S/C33H37ClFN3O6/c1-20-17-38(18-20)33(37-12-4-5-13-37,44-23-10-8-21(9-11-23)32(41)42)30(39)15-22-14-26(34)28(16-27(22)35)36-31(40)25-19-43-29-7-3-2-6-24(25)29/h2-3,6-7,14,16,19-21,23H,4-5,8-13,15,17-18H2,1H3,(H,36,40)(H,41,42). The summed E-state index contributed by atoms with van der Waals surface area (Å²) >= 11 is 6.55. The number of para-hydroxylation sites is 1. The molecule has 3 heterocycles. The van der Waals surface area contributed by atoms with Gasteiger partial charge in [-0.05, 0) is 68.2 Å². The molecule has 1 amide bonds. The summed E-state index contributed by atoms with van der Waals surface area (Å²) in [5, 5.41) is 12.9. The van der Waals surface area contributed by atoms with Crippen LogP contribution in [0.15, 0.2) is 47.1 Å². The van der Waals surface area contributed by atoms with E-state index in [9.17, 15) is 19.5 Å². The van der Waals surface area contributed by atoms with Crippen LogP contribution in [0.5, 0.6) is 0 Å². The summed E-state index contributed by atoms with van der Waals surface area (Å²) in [5.41, 5.74) is 1.05. The van der Waals surface area contributed by atoms with Crippen LogP contribution in [0.1, 0.15) is 61.4 Å². The minimum absolute atomic E-state index is 0.0875. The van der Waals surface area contributed by atoms with Crippen molar-refractivity contribution >= 4 is 45.9 Å². The van der Waals surface area contributed by atoms with Crippen LogP contribution in [0.4, 0.5) is 10.1 Å². The Kier molecular flexibility index (Phi) is 8.79. The topological polar surface area (TPSA) is 112 Å². The van der Waals surface area contributed by atoms with E-state index in [0.717, 1.165) is 18.9 Å². The first-order chi connectivity index (χ1) is 21.2. The van der Waals surface area contributed by atoms with Gasteiger partial charge >= 0.3 is 5.97 Å². The molecule has 6 rings (SSSR count). The number of ketones is 1. The van der Waals surface area contributed by atoms with Gasteiger partial charge in [-0.15, -0.1) is 0 Å². The summed E-state index contributed by atoms with van der Waals surface area (Å²) in [6.45, 7) is 4.82. The van der Waals surface area contributed by atoms with Gasteiger partial charge in [0.25, 0.3) is 5.91 Å². The highest BCUT2D eigenvalue weighted by molar-refractivity contribution is 6.34. The molecule has 9 nitrogen and oxygen atoms in total. The summed E-state index contributed by atoms with van der Waals surface area (Å²) in [7, 11) is 0. The molecule has 3 fully saturated rings. The number of hydrogen-bond acceptors (Lipinski definition) is 7. The smallest absolute Gasteiger partial charge is 0.306 e. The maximum Gasteiger partial charge on any atom is 0.306 e. The van der Waals surface area contributed by atoms with Crippen molar-refractivity contribution in [3.05, 3.63) is 64.6 Å². The van der Waals surface area contributed by atoms with E-state index in [1.165, 1.54) is 12.3 Å². The molecular formula is C33H37ClFN3O6. The SMILES string of the molecule is CC1CN(C(OC2CCC(C(=O)O)CC2)(C(=O)Cc2cc(Cl)c(NC(=O)c3coc4ccccc34)cc2F)N2CCCC2)C1. The zero-order valence-corrected chi connectivity index (χ0v) is 25.4. The third-order valence-electron chi connectivity index (χ3n) is 9.21. The third kappa shape index (κ3) is 5.88. The lowest BCUT2D eigenvalue weighted by atomic mass is 9.87. The summed E-state index contributed by atoms with van der Waals surface area (Å²) in [4.78, 5) is 43.1. The minimum atomic E-state index is -1.36. The highest BCUT2D eigenvalue weighted by Crippen LogP contribution is 2.39. The number of carboxylic acid groups (broad SMARTS) is 1. The molecule has 2 saturated heterocycles. The second-order valence-corrected chi connectivity index (χ2v) is 12.8. The Morgan fingerprint density at radius 2 is 1.80 bits per heavy atom. The van der Waals surface area contributed by atoms with Gasteiger partial charge in [0, 0.05) is 38.0 Å². The molecule has 1 unspecified atom stereocenters. The number of halogens is 2. The largest absolute Gasteiger partial charge is 0.481 e. The van der Waals surface area contributed by atoms with Crippen molar-refractivity contribution in [3.63, 3.8) is 0 Å². The van der Waals surface area contributed by atoms with Gasteiger partial charge in [-0.25, -0.2) is 4.39 Å². The van der Waals surface area contributed by atoms with Crippen molar-refractivity contribution in [2.45, 2.75) is 63.8 Å². The first-order valence-electron chi connectivity index (χ1n) is 15.3. The number of aliphatic carboxylic acids is 1. The van der Waals surface area contributed by atoms with E-state index in [0.29, 0.717) is 74.3 Å². The van der Waals surface area contributed by atoms with Crippen LogP contribution in [-0.4, -0.2) is 70.7 Å². The number of fused-ring (bicyclic) bond motifs is 1. The van der Waals surface area contributed by atoms with Crippen LogP contribution >= 0.6 is 11.6 Å². The normalized spacial score (nSPS) is 22.9. The van der Waals surface area contributed by atoms with Crippen molar-refractivity contribution in [1.82, 2.24) is 9.80 Å². The molecule has 234 valence electrons. The van der Waals surface area contributed by atoms with Crippen LogP contribution in [0.25, 0.3) is 11.0 Å². The van der Waals surface area contributed by atoms with Gasteiger partial charge in [0.2, 0.25) is 5.85 Å². The van der Waals surface area contributed by atoms with Gasteiger partial charge in [0.1, 0.15) is 17.7 Å². The number of nitrogens with one attached hydrogen (secondary N) is 1. The number of anilines is 1. The van der Waals surface area contributed by atoms with Gasteiger partial charge in [-0.3, -0.25) is 24.2 Å². The molecule has 1 saturated carbocycles. The number of carbonyl (C=O) groups is 3. The van der Waals surface area contributed by atoms with Crippen LogP contribution in [0.3, 0.4) is 0 Å². The zero-order valence-electron chi connectivity index (χ0n) is 24.7. The fourth-order valence-electron chi connectivity index (χ4n) is 6.84. The average molecular weight is 626 g/mol. The van der Waals surface area contributed by atoms with Gasteiger partial charge < -0.3 is 19.6 Å². The predicted molar refractivity (Wildman–Crippen MR) is 163 cm³/mol. The maximum atomic E-state index is 15.6. The Balaban J connectivity index is 1.24. The number of ether oxygens (including phenoxy) is 1. The fourth-order valence-corrected chi connectivity index (χ4v) is 7.08. The summed E-state index contributed by atoms with van der Waals surface area (Å²) in [6, 6.07) is 9.64. The van der Waals surface area contributed by atoms with Gasteiger partial charge in [-0.2, -0.15) is 0 Å². The van der Waals surface area contributed by atoms with Crippen molar-refractivity contribution in [2.75, 3.05) is 31.5 Å². The summed E-state index contributed by atoms with van der Waals surface area (Å²) in [6.07, 6.45) is 4.74. The van der Waals surface area contributed by atoms with E-state index in [1.807, 2.05) is 0 Å². The molecule has 44 heavy (non-hydrogen) atoms. The number of hydrogen-bond donors (Lipinski definition) is 2. The number of carbonyl (C=O) groups excluding carboxylic acids is 2. The zero-order chi connectivity index (χ0) is 31.0. The molecule has 3 aromatic rings. The second-order valence-electron chi connectivity index (χ2n) is 12.4. The Labute approximate surface area is 260 Å². The number of carboxylic acids is 1. The minimum Gasteiger partial charge on any atom is -0.481 e. The Morgan fingerprint density at radius 1 is 1.09 bits per heavy atom. The first-order valence-corrected chi connectivity index (χ1v) is 15.7. The molecule has 0 bridgehead atoms. The molecule has 2 N–H and O–H groups in total. The van der Waals surface area contributed by atoms with Gasteiger partial charge in [-0.1, -0.05) is 36.7 Å².